The van der Waals surface area contributed by atoms with Gasteiger partial charge in [-0.05, 0) is 65.9 Å². The Morgan fingerprint density at radius 2 is 1.97 bits per heavy atom. The zero-order valence-corrected chi connectivity index (χ0v) is 18.6. The SMILES string of the molecule is CC1(CN)CCN(c2ccc3c(c2)Cn2cc(-c4ccc(C#N)cc4)cc2-c2nncn2-3)C1. The van der Waals surface area contributed by atoms with Crippen LogP contribution in [0.2, 0.25) is 0 Å². The Kier molecular flexibility index (Phi) is 4.39. The fourth-order valence-corrected chi connectivity index (χ4v) is 5.03. The van der Waals surface area contributed by atoms with E-state index in [1.54, 1.807) is 6.33 Å². The van der Waals surface area contributed by atoms with Crippen molar-refractivity contribution in [3.05, 3.63) is 72.2 Å². The highest BCUT2D eigenvalue weighted by molar-refractivity contribution is 5.72. The third kappa shape index (κ3) is 3.22. The fraction of sp³-hybridized carbons (Fsp3) is 0.269. The van der Waals surface area contributed by atoms with Crippen LogP contribution >= 0.6 is 0 Å². The number of benzene rings is 2. The highest BCUT2D eigenvalue weighted by Gasteiger charge is 2.33. The average Bonchev–Trinajstić information content (AvgIpc) is 3.57. The van der Waals surface area contributed by atoms with Gasteiger partial charge < -0.3 is 15.2 Å². The molecule has 0 radical (unpaired) electrons. The summed E-state index contributed by atoms with van der Waals surface area (Å²) >= 11 is 0. The molecule has 1 fully saturated rings. The second-order valence-corrected chi connectivity index (χ2v) is 9.45. The van der Waals surface area contributed by atoms with E-state index in [1.165, 1.54) is 11.3 Å². The Balaban J connectivity index is 1.41. The van der Waals surface area contributed by atoms with Crippen LogP contribution in [0.15, 0.2) is 61.1 Å². The lowest BCUT2D eigenvalue weighted by molar-refractivity contribution is 0.383. The summed E-state index contributed by atoms with van der Waals surface area (Å²) in [6.07, 6.45) is 5.07. The number of aromatic nitrogens is 4. The lowest BCUT2D eigenvalue weighted by Gasteiger charge is -2.24. The monoisotopic (exact) mass is 435 g/mol. The Bertz CT molecular complexity index is 1390. The number of rotatable bonds is 3. The Morgan fingerprint density at radius 3 is 2.73 bits per heavy atom. The van der Waals surface area contributed by atoms with Crippen LogP contribution in [0.3, 0.4) is 0 Å². The Morgan fingerprint density at radius 1 is 1.12 bits per heavy atom. The van der Waals surface area contributed by atoms with E-state index < -0.39 is 0 Å². The third-order valence-electron chi connectivity index (χ3n) is 7.10. The van der Waals surface area contributed by atoms with Crippen LogP contribution in [0, 0.1) is 16.7 Å². The van der Waals surface area contributed by atoms with E-state index in [0.717, 1.165) is 54.4 Å². The molecule has 1 saturated heterocycles. The van der Waals surface area contributed by atoms with Gasteiger partial charge in [0.05, 0.1) is 23.0 Å². The molecule has 4 heterocycles. The molecule has 0 aliphatic carbocycles. The molecule has 0 spiro atoms. The number of hydrogen-bond acceptors (Lipinski definition) is 5. The zero-order valence-electron chi connectivity index (χ0n) is 18.6. The van der Waals surface area contributed by atoms with Crippen LogP contribution in [0.4, 0.5) is 5.69 Å². The summed E-state index contributed by atoms with van der Waals surface area (Å²) in [6, 6.07) is 18.7. The maximum absolute atomic E-state index is 9.10. The second kappa shape index (κ2) is 7.32. The van der Waals surface area contributed by atoms with E-state index in [2.05, 4.69) is 67.7 Å². The standard InChI is InChI=1S/C26H25N7/c1-26(15-28)8-9-31(16-26)22-6-7-23-21(10-22)14-32-13-20(19-4-2-18(12-27)3-5-19)11-24(32)25-30-29-17-33(23)25/h2-7,10-11,13,17H,8-9,14-16,28H2,1H3. The van der Waals surface area contributed by atoms with Gasteiger partial charge in [0.2, 0.25) is 0 Å². The minimum absolute atomic E-state index is 0.178. The minimum Gasteiger partial charge on any atom is -0.371 e. The normalized spacial score (nSPS) is 18.9. The molecule has 1 atom stereocenters. The smallest absolute Gasteiger partial charge is 0.185 e. The predicted molar refractivity (Wildman–Crippen MR) is 128 cm³/mol. The van der Waals surface area contributed by atoms with Gasteiger partial charge in [0.25, 0.3) is 0 Å². The van der Waals surface area contributed by atoms with Crippen LogP contribution in [0.1, 0.15) is 24.5 Å². The van der Waals surface area contributed by atoms with E-state index in [1.807, 2.05) is 24.3 Å². The summed E-state index contributed by atoms with van der Waals surface area (Å²) < 4.78 is 4.33. The van der Waals surface area contributed by atoms with Crippen LogP contribution in [0.25, 0.3) is 28.3 Å². The minimum atomic E-state index is 0.178. The molecule has 164 valence electrons. The maximum atomic E-state index is 9.10. The molecule has 7 nitrogen and oxygen atoms in total. The molecule has 4 aromatic rings. The molecule has 2 aliphatic rings. The molecular weight excluding hydrogens is 410 g/mol. The molecule has 0 bridgehead atoms. The van der Waals surface area contributed by atoms with Crippen molar-refractivity contribution in [2.75, 3.05) is 24.5 Å². The van der Waals surface area contributed by atoms with Gasteiger partial charge in [-0.25, -0.2) is 0 Å². The van der Waals surface area contributed by atoms with Gasteiger partial charge in [-0.15, -0.1) is 10.2 Å². The molecular formula is C26H25N7. The summed E-state index contributed by atoms with van der Waals surface area (Å²) in [5, 5.41) is 17.8. The topological polar surface area (TPSA) is 88.7 Å². The predicted octanol–water partition coefficient (Wildman–Crippen LogP) is 3.81. The first-order valence-electron chi connectivity index (χ1n) is 11.3. The molecule has 2 aliphatic heterocycles. The van der Waals surface area contributed by atoms with Crippen LogP contribution < -0.4 is 10.6 Å². The molecule has 0 saturated carbocycles. The average molecular weight is 436 g/mol. The molecule has 1 unspecified atom stereocenters. The van der Waals surface area contributed by atoms with E-state index in [4.69, 9.17) is 11.0 Å². The second-order valence-electron chi connectivity index (χ2n) is 9.45. The van der Waals surface area contributed by atoms with Gasteiger partial charge >= 0.3 is 0 Å². The highest BCUT2D eigenvalue weighted by atomic mass is 15.3. The molecule has 6 rings (SSSR count). The van der Waals surface area contributed by atoms with Crippen molar-refractivity contribution in [1.29, 1.82) is 5.26 Å². The molecule has 7 heteroatoms. The first-order chi connectivity index (χ1) is 16.1. The number of hydrogen-bond donors (Lipinski definition) is 1. The van der Waals surface area contributed by atoms with Gasteiger partial charge in [-0.2, -0.15) is 5.26 Å². The summed E-state index contributed by atoms with van der Waals surface area (Å²) in [5.74, 6) is 0.832. The van der Waals surface area contributed by atoms with E-state index in [9.17, 15) is 0 Å². The van der Waals surface area contributed by atoms with Gasteiger partial charge in [-0.1, -0.05) is 19.1 Å². The number of anilines is 1. The van der Waals surface area contributed by atoms with E-state index >= 15 is 0 Å². The van der Waals surface area contributed by atoms with Crippen molar-refractivity contribution < 1.29 is 0 Å². The van der Waals surface area contributed by atoms with Gasteiger partial charge in [0, 0.05) is 37.1 Å². The molecule has 2 aromatic heterocycles. The van der Waals surface area contributed by atoms with Crippen molar-refractivity contribution in [3.63, 3.8) is 0 Å². The van der Waals surface area contributed by atoms with Crippen molar-refractivity contribution >= 4 is 5.69 Å². The molecule has 33 heavy (non-hydrogen) atoms. The third-order valence-corrected chi connectivity index (χ3v) is 7.10. The van der Waals surface area contributed by atoms with E-state index in [0.29, 0.717) is 12.1 Å². The van der Waals surface area contributed by atoms with Crippen molar-refractivity contribution in [1.82, 2.24) is 19.3 Å². The zero-order chi connectivity index (χ0) is 22.6. The van der Waals surface area contributed by atoms with E-state index in [-0.39, 0.29) is 5.41 Å². The van der Waals surface area contributed by atoms with Crippen LogP contribution in [0.5, 0.6) is 0 Å². The summed E-state index contributed by atoms with van der Waals surface area (Å²) in [4.78, 5) is 2.45. The number of nitrogens with two attached hydrogens (primary N) is 1. The van der Waals surface area contributed by atoms with Gasteiger partial charge in [0.15, 0.2) is 5.82 Å². The summed E-state index contributed by atoms with van der Waals surface area (Å²) in [7, 11) is 0. The van der Waals surface area contributed by atoms with Crippen molar-refractivity contribution in [2.24, 2.45) is 11.1 Å². The van der Waals surface area contributed by atoms with Crippen molar-refractivity contribution in [2.45, 2.75) is 19.9 Å². The largest absolute Gasteiger partial charge is 0.371 e. The first-order valence-corrected chi connectivity index (χ1v) is 11.3. The van der Waals surface area contributed by atoms with Gasteiger partial charge in [-0.3, -0.25) is 4.57 Å². The van der Waals surface area contributed by atoms with Crippen LogP contribution in [-0.2, 0) is 6.54 Å². The first kappa shape index (κ1) is 19.8. The maximum Gasteiger partial charge on any atom is 0.185 e. The quantitative estimate of drug-likeness (QED) is 0.466. The van der Waals surface area contributed by atoms with Crippen molar-refractivity contribution in [3.8, 4) is 34.4 Å². The number of fused-ring (bicyclic) bond motifs is 5. The Labute approximate surface area is 192 Å². The molecule has 2 N–H and O–H groups in total. The lowest BCUT2D eigenvalue weighted by Crippen LogP contribution is -2.31. The van der Waals surface area contributed by atoms with Crippen LogP contribution in [-0.4, -0.2) is 39.0 Å². The lowest BCUT2D eigenvalue weighted by atomic mass is 9.90. The van der Waals surface area contributed by atoms with Gasteiger partial charge in [0.1, 0.15) is 6.33 Å². The highest BCUT2D eigenvalue weighted by Crippen LogP contribution is 2.37. The fourth-order valence-electron chi connectivity index (χ4n) is 5.03. The molecule has 0 amide bonds. The number of nitrogens with zero attached hydrogens (tertiary/aromatic N) is 6. The Hall–Kier alpha value is -3.89. The summed E-state index contributed by atoms with van der Waals surface area (Å²) in [5.41, 5.74) is 13.7. The molecule has 2 aromatic carbocycles. The number of nitriles is 1. The summed E-state index contributed by atoms with van der Waals surface area (Å²) in [6.45, 7) is 5.75.